The van der Waals surface area contributed by atoms with E-state index in [0.717, 1.165) is 35.3 Å². The number of nitrogens with one attached hydrogen (secondary N) is 1. The Morgan fingerprint density at radius 3 is 2.88 bits per heavy atom. The molecule has 0 fully saturated rings. The van der Waals surface area contributed by atoms with E-state index in [2.05, 4.69) is 52.4 Å². The summed E-state index contributed by atoms with van der Waals surface area (Å²) in [5.74, 6) is 0.891. The lowest BCUT2D eigenvalue weighted by Gasteiger charge is -2.05. The highest BCUT2D eigenvalue weighted by atomic mass is 79.9. The zero-order valence-corrected chi connectivity index (χ0v) is 11.5. The molecule has 90 valence electrons. The van der Waals surface area contributed by atoms with Crippen LogP contribution in [-0.2, 0) is 6.54 Å². The van der Waals surface area contributed by atoms with Gasteiger partial charge in [-0.2, -0.15) is 0 Å². The van der Waals surface area contributed by atoms with E-state index >= 15 is 0 Å². The number of halogens is 1. The van der Waals surface area contributed by atoms with Crippen LogP contribution in [0.3, 0.4) is 0 Å². The molecule has 0 bridgehead atoms. The molecule has 0 aliphatic carbocycles. The Kier molecular flexibility index (Phi) is 4.40. The predicted molar refractivity (Wildman–Crippen MR) is 73.8 cm³/mol. The highest BCUT2D eigenvalue weighted by molar-refractivity contribution is 9.10. The first-order chi connectivity index (χ1) is 8.31. The molecule has 1 N–H and O–H groups in total. The molecule has 3 heteroatoms. The van der Waals surface area contributed by atoms with Crippen molar-refractivity contribution in [2.24, 2.45) is 0 Å². The van der Waals surface area contributed by atoms with Crippen molar-refractivity contribution >= 4 is 15.9 Å². The van der Waals surface area contributed by atoms with E-state index < -0.39 is 0 Å². The summed E-state index contributed by atoms with van der Waals surface area (Å²) in [6, 6.07) is 10.3. The van der Waals surface area contributed by atoms with Gasteiger partial charge in [0.1, 0.15) is 5.76 Å². The maximum atomic E-state index is 5.46. The summed E-state index contributed by atoms with van der Waals surface area (Å²) in [6.07, 6.45) is 2.85. The van der Waals surface area contributed by atoms with Gasteiger partial charge in [0, 0.05) is 12.1 Å². The van der Waals surface area contributed by atoms with E-state index in [-0.39, 0.29) is 0 Å². The van der Waals surface area contributed by atoms with Crippen LogP contribution in [0.5, 0.6) is 0 Å². The topological polar surface area (TPSA) is 25.2 Å². The number of rotatable bonds is 5. The first-order valence-corrected chi connectivity index (χ1v) is 6.63. The molecule has 0 radical (unpaired) electrons. The molecular formula is C14H16BrNO. The molecule has 0 saturated carbocycles. The van der Waals surface area contributed by atoms with E-state index in [0.29, 0.717) is 0 Å². The molecule has 2 nitrogen and oxygen atoms in total. The lowest BCUT2D eigenvalue weighted by molar-refractivity contribution is 0.581. The molecule has 1 aromatic heterocycles. The van der Waals surface area contributed by atoms with Gasteiger partial charge in [0.15, 0.2) is 0 Å². The maximum absolute atomic E-state index is 5.46. The van der Waals surface area contributed by atoms with Gasteiger partial charge in [-0.25, -0.2) is 0 Å². The average Bonchev–Trinajstić information content (AvgIpc) is 2.76. The zero-order valence-electron chi connectivity index (χ0n) is 9.87. The lowest BCUT2D eigenvalue weighted by atomic mass is 10.1. The van der Waals surface area contributed by atoms with Crippen molar-refractivity contribution in [3.63, 3.8) is 0 Å². The second kappa shape index (κ2) is 6.03. The second-order valence-corrected chi connectivity index (χ2v) is 4.83. The molecule has 0 aliphatic rings. The van der Waals surface area contributed by atoms with Crippen molar-refractivity contribution in [2.45, 2.75) is 19.9 Å². The fourth-order valence-corrected chi connectivity index (χ4v) is 2.16. The Bertz CT molecular complexity index is 479. The number of hydrogen-bond donors (Lipinski definition) is 1. The number of furan rings is 1. The molecule has 0 spiro atoms. The SMILES string of the molecule is CCCNCc1cccc(-c2occc2Br)c1. The summed E-state index contributed by atoms with van der Waals surface area (Å²) in [6.45, 7) is 4.12. The normalized spacial score (nSPS) is 10.7. The van der Waals surface area contributed by atoms with Gasteiger partial charge in [-0.3, -0.25) is 0 Å². The van der Waals surface area contributed by atoms with Gasteiger partial charge in [-0.15, -0.1) is 0 Å². The number of hydrogen-bond acceptors (Lipinski definition) is 2. The fourth-order valence-electron chi connectivity index (χ4n) is 1.73. The van der Waals surface area contributed by atoms with Crippen LogP contribution < -0.4 is 5.32 Å². The Hall–Kier alpha value is -1.06. The molecule has 2 rings (SSSR count). The molecule has 0 aliphatic heterocycles. The highest BCUT2D eigenvalue weighted by Crippen LogP contribution is 2.29. The molecule has 0 saturated heterocycles. The van der Waals surface area contributed by atoms with Crippen LogP contribution in [0.1, 0.15) is 18.9 Å². The third-order valence-corrected chi connectivity index (χ3v) is 3.19. The van der Waals surface area contributed by atoms with Gasteiger partial charge in [-0.05, 0) is 46.6 Å². The van der Waals surface area contributed by atoms with E-state index in [1.165, 1.54) is 5.56 Å². The Balaban J connectivity index is 2.14. The molecule has 0 unspecified atom stereocenters. The summed E-state index contributed by atoms with van der Waals surface area (Å²) in [5.41, 5.74) is 2.39. The van der Waals surface area contributed by atoms with Crippen LogP contribution in [0.15, 0.2) is 45.5 Å². The molecule has 17 heavy (non-hydrogen) atoms. The van der Waals surface area contributed by atoms with Crippen molar-refractivity contribution in [3.05, 3.63) is 46.6 Å². The van der Waals surface area contributed by atoms with E-state index in [4.69, 9.17) is 4.42 Å². The third kappa shape index (κ3) is 3.20. The zero-order chi connectivity index (χ0) is 12.1. The van der Waals surface area contributed by atoms with E-state index in [1.807, 2.05) is 6.07 Å². The van der Waals surface area contributed by atoms with Crippen LogP contribution in [-0.4, -0.2) is 6.54 Å². The minimum absolute atomic E-state index is 0.891. The Morgan fingerprint density at radius 2 is 2.18 bits per heavy atom. The third-order valence-electron chi connectivity index (χ3n) is 2.56. The first-order valence-electron chi connectivity index (χ1n) is 5.84. The molecule has 2 aromatic rings. The molecule has 0 amide bonds. The summed E-state index contributed by atoms with van der Waals surface area (Å²) in [5, 5.41) is 3.40. The maximum Gasteiger partial charge on any atom is 0.148 e. The van der Waals surface area contributed by atoms with Crippen LogP contribution in [0, 0.1) is 0 Å². The largest absolute Gasteiger partial charge is 0.463 e. The van der Waals surface area contributed by atoms with Gasteiger partial charge in [-0.1, -0.05) is 25.1 Å². The summed E-state index contributed by atoms with van der Waals surface area (Å²) < 4.78 is 6.46. The summed E-state index contributed by atoms with van der Waals surface area (Å²) in [7, 11) is 0. The van der Waals surface area contributed by atoms with Gasteiger partial charge >= 0.3 is 0 Å². The van der Waals surface area contributed by atoms with Gasteiger partial charge in [0.25, 0.3) is 0 Å². The monoisotopic (exact) mass is 293 g/mol. The van der Waals surface area contributed by atoms with Crippen molar-refractivity contribution in [3.8, 4) is 11.3 Å². The van der Waals surface area contributed by atoms with E-state index in [1.54, 1.807) is 6.26 Å². The van der Waals surface area contributed by atoms with E-state index in [9.17, 15) is 0 Å². The van der Waals surface area contributed by atoms with Crippen molar-refractivity contribution in [1.82, 2.24) is 5.32 Å². The minimum atomic E-state index is 0.891. The fraction of sp³-hybridized carbons (Fsp3) is 0.286. The van der Waals surface area contributed by atoms with Crippen LogP contribution in [0.25, 0.3) is 11.3 Å². The standard InChI is InChI=1S/C14H16BrNO/c1-2-7-16-10-11-4-3-5-12(9-11)14-13(15)6-8-17-14/h3-6,8-9,16H,2,7,10H2,1H3. The van der Waals surface area contributed by atoms with Gasteiger partial charge in [0.2, 0.25) is 0 Å². The smallest absolute Gasteiger partial charge is 0.148 e. The van der Waals surface area contributed by atoms with Crippen LogP contribution in [0.2, 0.25) is 0 Å². The summed E-state index contributed by atoms with van der Waals surface area (Å²) in [4.78, 5) is 0. The molecule has 1 aromatic carbocycles. The number of benzene rings is 1. The lowest BCUT2D eigenvalue weighted by Crippen LogP contribution is -2.13. The highest BCUT2D eigenvalue weighted by Gasteiger charge is 2.06. The first kappa shape index (κ1) is 12.4. The summed E-state index contributed by atoms with van der Waals surface area (Å²) >= 11 is 3.48. The second-order valence-electron chi connectivity index (χ2n) is 3.97. The molecular weight excluding hydrogens is 278 g/mol. The minimum Gasteiger partial charge on any atom is -0.463 e. The Labute approximate surface area is 110 Å². The van der Waals surface area contributed by atoms with Crippen LogP contribution in [0.4, 0.5) is 0 Å². The average molecular weight is 294 g/mol. The van der Waals surface area contributed by atoms with Crippen molar-refractivity contribution in [2.75, 3.05) is 6.54 Å². The quantitative estimate of drug-likeness (QED) is 0.836. The molecule has 0 atom stereocenters. The molecule has 1 heterocycles. The van der Waals surface area contributed by atoms with Gasteiger partial charge in [0.05, 0.1) is 10.7 Å². The van der Waals surface area contributed by atoms with Crippen molar-refractivity contribution < 1.29 is 4.42 Å². The Morgan fingerprint density at radius 1 is 1.29 bits per heavy atom. The van der Waals surface area contributed by atoms with Crippen LogP contribution >= 0.6 is 15.9 Å². The van der Waals surface area contributed by atoms with Gasteiger partial charge < -0.3 is 9.73 Å². The predicted octanol–water partition coefficient (Wildman–Crippen LogP) is 4.21. The van der Waals surface area contributed by atoms with Crippen molar-refractivity contribution in [1.29, 1.82) is 0 Å².